The Morgan fingerprint density at radius 2 is 2.08 bits per heavy atom. The minimum absolute atomic E-state index is 0.00662. The van der Waals surface area contributed by atoms with Gasteiger partial charge in [0, 0.05) is 56.4 Å². The molecule has 1 fully saturated rings. The van der Waals surface area contributed by atoms with Crippen molar-refractivity contribution in [1.82, 2.24) is 29.7 Å². The lowest BCUT2D eigenvalue weighted by Gasteiger charge is -2.31. The average Bonchev–Trinajstić information content (AvgIpc) is 3.22. The van der Waals surface area contributed by atoms with Crippen LogP contribution < -0.4 is 0 Å². The van der Waals surface area contributed by atoms with Crippen molar-refractivity contribution in [3.05, 3.63) is 35.4 Å². The van der Waals surface area contributed by atoms with Gasteiger partial charge < -0.3 is 19.6 Å². The third kappa shape index (κ3) is 5.14. The smallest absolute Gasteiger partial charge is 0.136 e. The van der Waals surface area contributed by atoms with Gasteiger partial charge in [0.25, 0.3) is 0 Å². The predicted octanol–water partition coefficient (Wildman–Crippen LogP) is 2.11. The van der Waals surface area contributed by atoms with Crippen LogP contribution in [0, 0.1) is 0 Å². The Balaban J connectivity index is 1.55. The number of nitrogens with zero attached hydrogens (tertiary/aromatic N) is 4. The molecule has 1 atom stereocenters. The second kappa shape index (κ2) is 8.60. The molecule has 138 valence electrons. The van der Waals surface area contributed by atoms with E-state index >= 15 is 0 Å². The number of aryl methyl sites for hydroxylation is 1. The highest BCUT2D eigenvalue weighted by Gasteiger charge is 2.24. The maximum absolute atomic E-state index is 5.93. The Bertz CT molecular complexity index is 650. The summed E-state index contributed by atoms with van der Waals surface area (Å²) in [6.45, 7) is 6.45. The van der Waals surface area contributed by atoms with E-state index in [1.165, 1.54) is 18.5 Å². The molecule has 2 aromatic rings. The van der Waals surface area contributed by atoms with Gasteiger partial charge in [-0.25, -0.2) is 9.97 Å². The van der Waals surface area contributed by atoms with E-state index in [-0.39, 0.29) is 6.10 Å². The van der Waals surface area contributed by atoms with Crippen LogP contribution in [0.4, 0.5) is 0 Å². The van der Waals surface area contributed by atoms with Crippen LogP contribution in [0.25, 0.3) is 0 Å². The van der Waals surface area contributed by atoms with Gasteiger partial charge in [0.05, 0.1) is 6.61 Å². The van der Waals surface area contributed by atoms with Gasteiger partial charge in [-0.2, -0.15) is 0 Å². The molecule has 3 heterocycles. The van der Waals surface area contributed by atoms with E-state index in [2.05, 4.69) is 50.8 Å². The Kier molecular flexibility index (Phi) is 6.23. The summed E-state index contributed by atoms with van der Waals surface area (Å²) >= 11 is 0. The lowest BCUT2D eigenvalue weighted by molar-refractivity contribution is -0.0372. The van der Waals surface area contributed by atoms with Gasteiger partial charge >= 0.3 is 0 Å². The van der Waals surface area contributed by atoms with Crippen LogP contribution in [0.3, 0.4) is 0 Å². The fourth-order valence-corrected chi connectivity index (χ4v) is 3.17. The number of morpholine rings is 1. The topological polar surface area (TPSA) is 73.1 Å². The summed E-state index contributed by atoms with van der Waals surface area (Å²) in [6.07, 6.45) is 7.29. The van der Waals surface area contributed by atoms with E-state index in [9.17, 15) is 0 Å². The summed E-state index contributed by atoms with van der Waals surface area (Å²) in [5, 5.41) is 0. The Labute approximate surface area is 149 Å². The van der Waals surface area contributed by atoms with Crippen molar-refractivity contribution in [2.45, 2.75) is 45.4 Å². The molecule has 1 saturated heterocycles. The van der Waals surface area contributed by atoms with Gasteiger partial charge in [0.15, 0.2) is 0 Å². The Morgan fingerprint density at radius 1 is 1.24 bits per heavy atom. The molecule has 0 aromatic carbocycles. The lowest BCUT2D eigenvalue weighted by Crippen LogP contribution is -2.38. The van der Waals surface area contributed by atoms with Crippen LogP contribution in [0.5, 0.6) is 0 Å². The van der Waals surface area contributed by atoms with Crippen LogP contribution in [0.15, 0.2) is 12.4 Å². The van der Waals surface area contributed by atoms with Crippen molar-refractivity contribution in [2.24, 2.45) is 0 Å². The van der Waals surface area contributed by atoms with E-state index in [0.29, 0.717) is 0 Å². The molecule has 0 radical (unpaired) electrons. The number of H-pyrrole nitrogens is 2. The molecular weight excluding hydrogens is 316 g/mol. The highest BCUT2D eigenvalue weighted by atomic mass is 16.5. The van der Waals surface area contributed by atoms with Crippen molar-refractivity contribution >= 4 is 0 Å². The number of ether oxygens (including phenoxy) is 1. The lowest BCUT2D eigenvalue weighted by atomic mass is 10.2. The standard InChI is InChI=1S/C18H30N6O/c1-4-5-6-17-19-9-15(21-17)12-24-7-8-25-16(13-24)18-20-10-14(22-18)11-23(2)3/h9-10,16H,4-8,11-13H2,1-3H3,(H,19,21)(H,20,22). The van der Waals surface area contributed by atoms with Crippen molar-refractivity contribution in [3.63, 3.8) is 0 Å². The van der Waals surface area contributed by atoms with E-state index in [1.54, 1.807) is 0 Å². The van der Waals surface area contributed by atoms with E-state index < -0.39 is 0 Å². The molecule has 0 saturated carbocycles. The molecule has 2 aromatic heterocycles. The molecule has 25 heavy (non-hydrogen) atoms. The number of unbranched alkanes of at least 4 members (excludes halogenated alkanes) is 1. The second-order valence-electron chi connectivity index (χ2n) is 7.08. The fourth-order valence-electron chi connectivity index (χ4n) is 3.17. The monoisotopic (exact) mass is 346 g/mol. The first-order chi connectivity index (χ1) is 12.1. The van der Waals surface area contributed by atoms with Crippen molar-refractivity contribution in [2.75, 3.05) is 33.8 Å². The molecule has 0 bridgehead atoms. The number of hydrogen-bond donors (Lipinski definition) is 2. The van der Waals surface area contributed by atoms with Gasteiger partial charge in [0.2, 0.25) is 0 Å². The molecule has 1 aliphatic rings. The van der Waals surface area contributed by atoms with Gasteiger partial charge in [0.1, 0.15) is 17.8 Å². The van der Waals surface area contributed by atoms with Crippen LogP contribution in [0.2, 0.25) is 0 Å². The molecule has 7 nitrogen and oxygen atoms in total. The number of rotatable bonds is 8. The van der Waals surface area contributed by atoms with Crippen molar-refractivity contribution in [3.8, 4) is 0 Å². The van der Waals surface area contributed by atoms with Crippen molar-refractivity contribution < 1.29 is 4.74 Å². The number of nitrogens with one attached hydrogen (secondary N) is 2. The quantitative estimate of drug-likeness (QED) is 0.766. The number of imidazole rings is 2. The summed E-state index contributed by atoms with van der Waals surface area (Å²) in [5.41, 5.74) is 2.30. The first kappa shape index (κ1) is 18.1. The Morgan fingerprint density at radius 3 is 2.88 bits per heavy atom. The van der Waals surface area contributed by atoms with Crippen LogP contribution in [-0.2, 0) is 24.2 Å². The van der Waals surface area contributed by atoms with E-state index in [4.69, 9.17) is 4.74 Å². The first-order valence-corrected chi connectivity index (χ1v) is 9.19. The summed E-state index contributed by atoms with van der Waals surface area (Å²) in [5.74, 6) is 2.02. The fraction of sp³-hybridized carbons (Fsp3) is 0.667. The largest absolute Gasteiger partial charge is 0.368 e. The zero-order valence-electron chi connectivity index (χ0n) is 15.6. The van der Waals surface area contributed by atoms with Gasteiger partial charge in [-0.3, -0.25) is 4.90 Å². The third-order valence-corrected chi connectivity index (χ3v) is 4.43. The molecular formula is C18H30N6O. The number of aromatic amines is 2. The maximum Gasteiger partial charge on any atom is 0.136 e. The van der Waals surface area contributed by atoms with Crippen LogP contribution in [-0.4, -0.2) is 63.5 Å². The SMILES string of the molecule is CCCCc1ncc(CN2CCOC(c3ncc(CN(C)C)[nH]3)C2)[nH]1. The molecule has 0 spiro atoms. The zero-order chi connectivity index (χ0) is 17.6. The van der Waals surface area contributed by atoms with Gasteiger partial charge in [-0.15, -0.1) is 0 Å². The summed E-state index contributed by atoms with van der Waals surface area (Å²) < 4.78 is 5.93. The Hall–Kier alpha value is -1.70. The minimum atomic E-state index is 0.00662. The second-order valence-corrected chi connectivity index (χ2v) is 7.08. The van der Waals surface area contributed by atoms with Crippen LogP contribution in [0.1, 0.15) is 48.9 Å². The zero-order valence-corrected chi connectivity index (χ0v) is 15.6. The normalized spacial score (nSPS) is 19.0. The van der Waals surface area contributed by atoms with Crippen molar-refractivity contribution in [1.29, 1.82) is 0 Å². The van der Waals surface area contributed by atoms with E-state index in [1.807, 2.05) is 12.4 Å². The number of aromatic nitrogens is 4. The number of hydrogen-bond acceptors (Lipinski definition) is 5. The van der Waals surface area contributed by atoms with Gasteiger partial charge in [-0.1, -0.05) is 13.3 Å². The highest BCUT2D eigenvalue weighted by Crippen LogP contribution is 2.21. The molecule has 1 unspecified atom stereocenters. The minimum Gasteiger partial charge on any atom is -0.368 e. The predicted molar refractivity (Wildman–Crippen MR) is 97.1 cm³/mol. The van der Waals surface area contributed by atoms with Gasteiger partial charge in [-0.05, 0) is 20.5 Å². The molecule has 3 rings (SSSR count). The summed E-state index contributed by atoms with van der Waals surface area (Å²) in [7, 11) is 4.11. The summed E-state index contributed by atoms with van der Waals surface area (Å²) in [4.78, 5) is 20.4. The molecule has 2 N–H and O–H groups in total. The molecule has 0 amide bonds. The van der Waals surface area contributed by atoms with Crippen LogP contribution >= 0.6 is 0 Å². The summed E-state index contributed by atoms with van der Waals surface area (Å²) in [6, 6.07) is 0. The molecule has 0 aliphatic carbocycles. The average molecular weight is 346 g/mol. The van der Waals surface area contributed by atoms with E-state index in [0.717, 1.165) is 56.5 Å². The molecule has 1 aliphatic heterocycles. The first-order valence-electron chi connectivity index (χ1n) is 9.19. The highest BCUT2D eigenvalue weighted by molar-refractivity contribution is 5.06. The third-order valence-electron chi connectivity index (χ3n) is 4.43. The maximum atomic E-state index is 5.93. The molecule has 7 heteroatoms.